The topological polar surface area (TPSA) is 33.6 Å². The van der Waals surface area contributed by atoms with Gasteiger partial charge in [-0.05, 0) is 35.0 Å². The molecule has 18 heavy (non-hydrogen) atoms. The number of aromatic nitrogens is 3. The zero-order chi connectivity index (χ0) is 12.7. The van der Waals surface area contributed by atoms with E-state index in [-0.39, 0.29) is 5.82 Å². The molecule has 0 saturated heterocycles. The summed E-state index contributed by atoms with van der Waals surface area (Å²) >= 11 is 3.22. The van der Waals surface area contributed by atoms with E-state index in [9.17, 15) is 4.39 Å². The van der Waals surface area contributed by atoms with Crippen LogP contribution < -0.4 is 0 Å². The molecule has 5 heteroatoms. The lowest BCUT2D eigenvalue weighted by Crippen LogP contribution is -1.94. The van der Waals surface area contributed by atoms with Gasteiger partial charge in [0.2, 0.25) is 0 Å². The summed E-state index contributed by atoms with van der Waals surface area (Å²) in [5.74, 6) is -0.243. The second kappa shape index (κ2) is 4.24. The van der Waals surface area contributed by atoms with E-state index >= 15 is 0 Å². The summed E-state index contributed by atoms with van der Waals surface area (Å²) in [6.07, 6.45) is 5.33. The van der Waals surface area contributed by atoms with E-state index in [0.717, 1.165) is 23.3 Å². The number of hydrogen-bond donors (Lipinski definition) is 1. The minimum Gasteiger partial charge on any atom is -0.360 e. The molecule has 0 spiro atoms. The molecular formula is C13H11BrFN3. The number of aromatic amines is 1. The number of fused-ring (bicyclic) bond motifs is 1. The summed E-state index contributed by atoms with van der Waals surface area (Å²) in [5.41, 5.74) is 2.54. The zero-order valence-corrected chi connectivity index (χ0v) is 11.3. The van der Waals surface area contributed by atoms with Gasteiger partial charge < -0.3 is 9.55 Å². The predicted octanol–water partition coefficient (Wildman–Crippen LogP) is 3.95. The maximum Gasteiger partial charge on any atom is 0.147 e. The first-order valence-electron chi connectivity index (χ1n) is 5.68. The number of imidazole rings is 1. The quantitative estimate of drug-likeness (QED) is 0.764. The number of H-pyrrole nitrogens is 1. The lowest BCUT2D eigenvalue weighted by atomic mass is 10.1. The molecule has 92 valence electrons. The summed E-state index contributed by atoms with van der Waals surface area (Å²) in [5, 5.41) is 0.597. The number of benzene rings is 1. The van der Waals surface area contributed by atoms with Crippen LogP contribution in [0.5, 0.6) is 0 Å². The maximum absolute atomic E-state index is 14.2. The van der Waals surface area contributed by atoms with Crippen LogP contribution in [0.15, 0.2) is 35.3 Å². The summed E-state index contributed by atoms with van der Waals surface area (Å²) < 4.78 is 16.7. The van der Waals surface area contributed by atoms with Crippen molar-refractivity contribution in [2.24, 2.45) is 0 Å². The molecule has 0 bridgehead atoms. The highest BCUT2D eigenvalue weighted by Gasteiger charge is 2.15. The zero-order valence-electron chi connectivity index (χ0n) is 9.74. The molecule has 3 aromatic rings. The summed E-state index contributed by atoms with van der Waals surface area (Å²) in [4.78, 5) is 7.22. The number of nitrogens with one attached hydrogen (secondary N) is 1. The van der Waals surface area contributed by atoms with Gasteiger partial charge in [0.25, 0.3) is 0 Å². The van der Waals surface area contributed by atoms with Crippen molar-refractivity contribution in [3.05, 3.63) is 41.1 Å². The van der Waals surface area contributed by atoms with E-state index in [2.05, 4.69) is 25.9 Å². The third kappa shape index (κ3) is 1.58. The Morgan fingerprint density at radius 2 is 2.28 bits per heavy atom. The molecule has 0 aliphatic rings. The summed E-state index contributed by atoms with van der Waals surface area (Å²) in [6, 6.07) is 3.56. The first-order valence-corrected chi connectivity index (χ1v) is 6.47. The molecule has 1 aromatic carbocycles. The molecule has 0 atom stereocenters. The molecule has 1 N–H and O–H groups in total. The van der Waals surface area contributed by atoms with Gasteiger partial charge in [-0.3, -0.25) is 0 Å². The number of rotatable bonds is 2. The van der Waals surface area contributed by atoms with Crippen LogP contribution in [0.3, 0.4) is 0 Å². The molecule has 0 saturated carbocycles. The Labute approximate surface area is 112 Å². The Kier molecular flexibility index (Phi) is 2.70. The van der Waals surface area contributed by atoms with Crippen molar-refractivity contribution in [2.45, 2.75) is 13.5 Å². The van der Waals surface area contributed by atoms with Crippen LogP contribution in [0.1, 0.15) is 6.92 Å². The molecule has 0 aliphatic heterocycles. The van der Waals surface area contributed by atoms with Gasteiger partial charge in [-0.25, -0.2) is 9.37 Å². The normalized spacial score (nSPS) is 11.3. The highest BCUT2D eigenvalue weighted by Crippen LogP contribution is 2.33. The van der Waals surface area contributed by atoms with Crippen LogP contribution in [0.2, 0.25) is 0 Å². The lowest BCUT2D eigenvalue weighted by Gasteiger charge is -2.04. The molecule has 2 heterocycles. The SMILES string of the molecule is CCn1cncc1-c1c[nH]c2ccc(Br)c(F)c12. The molecule has 2 aromatic heterocycles. The van der Waals surface area contributed by atoms with Crippen LogP contribution >= 0.6 is 15.9 Å². The van der Waals surface area contributed by atoms with E-state index in [1.165, 1.54) is 0 Å². The first kappa shape index (κ1) is 11.5. The van der Waals surface area contributed by atoms with Crippen LogP contribution in [-0.2, 0) is 6.54 Å². The second-order valence-corrected chi connectivity index (χ2v) is 4.91. The van der Waals surface area contributed by atoms with Crippen LogP contribution in [0, 0.1) is 5.82 Å². The van der Waals surface area contributed by atoms with Gasteiger partial charge in [0.05, 0.1) is 22.7 Å². The Morgan fingerprint density at radius 3 is 3.06 bits per heavy atom. The van der Waals surface area contributed by atoms with Gasteiger partial charge >= 0.3 is 0 Å². The fourth-order valence-corrected chi connectivity index (χ4v) is 2.49. The molecule has 0 radical (unpaired) electrons. The molecule has 0 fully saturated rings. The van der Waals surface area contributed by atoms with Crippen molar-refractivity contribution >= 4 is 26.8 Å². The second-order valence-electron chi connectivity index (χ2n) is 4.05. The Balaban J connectivity index is 2.33. The van der Waals surface area contributed by atoms with Gasteiger partial charge in [-0.2, -0.15) is 0 Å². The number of nitrogens with zero attached hydrogens (tertiary/aromatic N) is 2. The standard InChI is InChI=1S/C13H11BrFN3/c1-2-18-7-16-6-11(18)8-5-17-10-4-3-9(14)13(15)12(8)10/h3-7,17H,2H2,1H3. The average Bonchev–Trinajstić information content (AvgIpc) is 2.99. The summed E-state index contributed by atoms with van der Waals surface area (Å²) in [7, 11) is 0. The van der Waals surface area contributed by atoms with Gasteiger partial charge in [0.1, 0.15) is 5.82 Å². The van der Waals surface area contributed by atoms with E-state index in [1.807, 2.05) is 23.8 Å². The van der Waals surface area contributed by atoms with Crippen molar-refractivity contribution in [1.29, 1.82) is 0 Å². The average molecular weight is 308 g/mol. The fraction of sp³-hybridized carbons (Fsp3) is 0.154. The van der Waals surface area contributed by atoms with Crippen molar-refractivity contribution in [2.75, 3.05) is 0 Å². The Bertz CT molecular complexity index is 714. The molecule has 0 amide bonds. The molecule has 0 unspecified atom stereocenters. The van der Waals surface area contributed by atoms with E-state index in [0.29, 0.717) is 9.86 Å². The molecule has 3 rings (SSSR count). The largest absolute Gasteiger partial charge is 0.360 e. The summed E-state index contributed by atoms with van der Waals surface area (Å²) in [6.45, 7) is 2.84. The highest BCUT2D eigenvalue weighted by molar-refractivity contribution is 9.10. The minimum atomic E-state index is -0.243. The van der Waals surface area contributed by atoms with Gasteiger partial charge in [-0.15, -0.1) is 0 Å². The lowest BCUT2D eigenvalue weighted by molar-refractivity contribution is 0.633. The van der Waals surface area contributed by atoms with Gasteiger partial charge in [0, 0.05) is 29.2 Å². The number of halogens is 2. The van der Waals surface area contributed by atoms with Crippen molar-refractivity contribution < 1.29 is 4.39 Å². The minimum absolute atomic E-state index is 0.243. The maximum atomic E-state index is 14.2. The highest BCUT2D eigenvalue weighted by atomic mass is 79.9. The van der Waals surface area contributed by atoms with Crippen molar-refractivity contribution in [3.8, 4) is 11.3 Å². The molecule has 0 aliphatic carbocycles. The van der Waals surface area contributed by atoms with Crippen molar-refractivity contribution in [3.63, 3.8) is 0 Å². The Morgan fingerprint density at radius 1 is 1.44 bits per heavy atom. The first-order chi connectivity index (χ1) is 8.72. The van der Waals surface area contributed by atoms with E-state index in [4.69, 9.17) is 0 Å². The van der Waals surface area contributed by atoms with Crippen LogP contribution in [0.4, 0.5) is 4.39 Å². The number of aryl methyl sites for hydroxylation is 1. The van der Waals surface area contributed by atoms with Crippen molar-refractivity contribution in [1.82, 2.24) is 14.5 Å². The van der Waals surface area contributed by atoms with Crippen LogP contribution in [0.25, 0.3) is 22.2 Å². The Hall–Kier alpha value is -1.62. The number of hydrogen-bond acceptors (Lipinski definition) is 1. The molecule has 3 nitrogen and oxygen atoms in total. The van der Waals surface area contributed by atoms with Gasteiger partial charge in [0.15, 0.2) is 0 Å². The smallest absolute Gasteiger partial charge is 0.147 e. The molecular weight excluding hydrogens is 297 g/mol. The fourth-order valence-electron chi connectivity index (χ4n) is 2.16. The monoisotopic (exact) mass is 307 g/mol. The van der Waals surface area contributed by atoms with Gasteiger partial charge in [-0.1, -0.05) is 0 Å². The third-order valence-corrected chi connectivity index (χ3v) is 3.68. The predicted molar refractivity (Wildman–Crippen MR) is 72.9 cm³/mol. The van der Waals surface area contributed by atoms with E-state index in [1.54, 1.807) is 18.6 Å². The van der Waals surface area contributed by atoms with Crippen LogP contribution in [-0.4, -0.2) is 14.5 Å². The third-order valence-electron chi connectivity index (χ3n) is 3.07. The van der Waals surface area contributed by atoms with E-state index < -0.39 is 0 Å².